The molecule has 0 aromatic rings. The molecular weight excluding hydrogens is 252 g/mol. The molecule has 0 unspecified atom stereocenters. The van der Waals surface area contributed by atoms with Gasteiger partial charge in [-0.25, -0.2) is 16.8 Å². The minimum absolute atomic E-state index is 0.285. The Bertz CT molecular complexity index is 409. The first kappa shape index (κ1) is 13.9. The van der Waals surface area contributed by atoms with E-state index in [-0.39, 0.29) is 11.6 Å². The van der Waals surface area contributed by atoms with Gasteiger partial charge in [0.2, 0.25) is 0 Å². The molecule has 1 fully saturated rings. The summed E-state index contributed by atoms with van der Waals surface area (Å²) < 4.78 is 48.1. The summed E-state index contributed by atoms with van der Waals surface area (Å²) in [5.74, 6) is -0.571. The van der Waals surface area contributed by atoms with Crippen LogP contribution in [0.1, 0.15) is 26.2 Å². The first-order valence-electron chi connectivity index (χ1n) is 5.26. The minimum Gasteiger partial charge on any atom is -0.435 e. The molecule has 6 nitrogen and oxygen atoms in total. The molecule has 0 bridgehead atoms. The molecule has 0 aliphatic carbocycles. The lowest BCUT2D eigenvalue weighted by atomic mass is 10.1. The van der Waals surface area contributed by atoms with E-state index in [1.165, 1.54) is 6.92 Å². The highest BCUT2D eigenvalue weighted by Gasteiger charge is 2.15. The summed E-state index contributed by atoms with van der Waals surface area (Å²) >= 11 is 0. The van der Waals surface area contributed by atoms with E-state index >= 15 is 0 Å². The maximum absolute atomic E-state index is 11.5. The van der Waals surface area contributed by atoms with Crippen LogP contribution in [0, 0.1) is 0 Å². The summed E-state index contributed by atoms with van der Waals surface area (Å²) in [6.07, 6.45) is 3.01. The van der Waals surface area contributed by atoms with Gasteiger partial charge in [-0.15, -0.1) is 0 Å². The Morgan fingerprint density at radius 1 is 1.00 bits per heavy atom. The van der Waals surface area contributed by atoms with Crippen molar-refractivity contribution >= 4 is 20.0 Å². The summed E-state index contributed by atoms with van der Waals surface area (Å²) in [4.78, 5) is 1.73. The Kier molecular flexibility index (Phi) is 4.72. The average Bonchev–Trinajstić information content (AvgIpc) is 2.17. The van der Waals surface area contributed by atoms with E-state index in [1.807, 2.05) is 0 Å². The highest BCUT2D eigenvalue weighted by molar-refractivity contribution is 8.12. The Balaban J connectivity index is 2.57. The molecular formula is C8H17N2O4S2-. The fourth-order valence-corrected chi connectivity index (χ4v) is 4.28. The smallest absolute Gasteiger partial charge is 0.0964 e. The van der Waals surface area contributed by atoms with Crippen LogP contribution in [-0.4, -0.2) is 46.5 Å². The van der Waals surface area contributed by atoms with Crippen LogP contribution in [0.5, 0.6) is 0 Å². The van der Waals surface area contributed by atoms with Gasteiger partial charge in [-0.05, 0) is 25.9 Å². The number of hydrogen-bond donors (Lipinski definition) is 0. The molecule has 0 saturated carbocycles. The van der Waals surface area contributed by atoms with E-state index < -0.39 is 20.0 Å². The second kappa shape index (κ2) is 5.44. The van der Waals surface area contributed by atoms with Gasteiger partial charge in [0.05, 0.1) is 25.9 Å². The molecule has 1 rings (SSSR count). The zero-order valence-corrected chi connectivity index (χ0v) is 10.9. The number of rotatable bonds is 5. The van der Waals surface area contributed by atoms with Crippen LogP contribution in [-0.2, 0) is 20.0 Å². The number of nitrogens with zero attached hydrogens (tertiary/aromatic N) is 2. The Hall–Kier alpha value is -0.180. The average molecular weight is 269 g/mol. The zero-order valence-electron chi connectivity index (χ0n) is 9.29. The van der Waals surface area contributed by atoms with Crippen LogP contribution in [0.25, 0.3) is 4.13 Å². The molecule has 1 aliphatic rings. The third kappa shape index (κ3) is 4.77. The van der Waals surface area contributed by atoms with Gasteiger partial charge in [-0.1, -0.05) is 13.3 Å². The summed E-state index contributed by atoms with van der Waals surface area (Å²) in [7, 11) is -7.71. The summed E-state index contributed by atoms with van der Waals surface area (Å²) in [5.41, 5.74) is 0. The zero-order chi connectivity index (χ0) is 12.2. The van der Waals surface area contributed by atoms with Crippen LogP contribution in [0.2, 0.25) is 0 Å². The molecule has 1 saturated heterocycles. The van der Waals surface area contributed by atoms with Crippen LogP contribution >= 0.6 is 0 Å². The number of piperidine rings is 1. The van der Waals surface area contributed by atoms with Crippen molar-refractivity contribution in [2.75, 3.05) is 24.7 Å². The molecule has 1 heterocycles. The topological polar surface area (TPSA) is 85.6 Å². The normalized spacial score (nSPS) is 19.8. The fraction of sp³-hybridized carbons (Fsp3) is 1.00. The first-order valence-corrected chi connectivity index (χ1v) is 8.48. The highest BCUT2D eigenvalue weighted by atomic mass is 32.3. The molecule has 96 valence electrons. The monoisotopic (exact) mass is 269 g/mol. The van der Waals surface area contributed by atoms with Crippen molar-refractivity contribution in [3.63, 3.8) is 0 Å². The van der Waals surface area contributed by atoms with Crippen molar-refractivity contribution in [2.45, 2.75) is 26.2 Å². The first-order chi connectivity index (χ1) is 7.35. The van der Waals surface area contributed by atoms with Gasteiger partial charge < -0.3 is 4.13 Å². The molecule has 16 heavy (non-hydrogen) atoms. The van der Waals surface area contributed by atoms with Crippen LogP contribution in [0.3, 0.4) is 0 Å². The standard InChI is InChI=1S/C8H17N2O4S2/c1-2-15(11,12)9-16(13,14)8-10-6-4-3-5-7-10/h2-8H2,1H3/q-1. The second-order valence-corrected chi connectivity index (χ2v) is 7.59. The minimum atomic E-state index is -3.89. The van der Waals surface area contributed by atoms with Crippen molar-refractivity contribution in [3.8, 4) is 0 Å². The quantitative estimate of drug-likeness (QED) is 0.724. The van der Waals surface area contributed by atoms with Crippen LogP contribution in [0.4, 0.5) is 0 Å². The van der Waals surface area contributed by atoms with E-state index in [2.05, 4.69) is 4.13 Å². The molecule has 0 aromatic carbocycles. The Morgan fingerprint density at radius 2 is 1.56 bits per heavy atom. The van der Waals surface area contributed by atoms with E-state index in [0.717, 1.165) is 19.3 Å². The molecule has 8 heteroatoms. The van der Waals surface area contributed by atoms with Crippen molar-refractivity contribution in [1.29, 1.82) is 0 Å². The lowest BCUT2D eigenvalue weighted by Gasteiger charge is -2.29. The maximum Gasteiger partial charge on any atom is 0.0964 e. The number of likely N-dealkylation sites (tertiary alicyclic amines) is 1. The number of sulfonamides is 2. The molecule has 1 aliphatic heterocycles. The number of hydrogen-bond acceptors (Lipinski definition) is 5. The van der Waals surface area contributed by atoms with Gasteiger partial charge in [-0.3, -0.25) is 4.90 Å². The van der Waals surface area contributed by atoms with E-state index in [0.29, 0.717) is 13.1 Å². The van der Waals surface area contributed by atoms with Crippen molar-refractivity contribution in [2.24, 2.45) is 0 Å². The largest absolute Gasteiger partial charge is 0.435 e. The SMILES string of the molecule is CCS(=O)(=O)[N-]S(=O)(=O)CN1CCCCC1. The fourth-order valence-electron chi connectivity index (χ4n) is 1.57. The van der Waals surface area contributed by atoms with E-state index in [1.54, 1.807) is 4.90 Å². The van der Waals surface area contributed by atoms with Gasteiger partial charge in [0.15, 0.2) is 0 Å². The molecule has 0 atom stereocenters. The van der Waals surface area contributed by atoms with E-state index in [9.17, 15) is 16.8 Å². The lowest BCUT2D eigenvalue weighted by molar-refractivity contribution is 0.261. The van der Waals surface area contributed by atoms with Gasteiger partial charge in [0.1, 0.15) is 0 Å². The van der Waals surface area contributed by atoms with E-state index in [4.69, 9.17) is 0 Å². The second-order valence-electron chi connectivity index (χ2n) is 3.83. The van der Waals surface area contributed by atoms with Gasteiger partial charge in [-0.2, -0.15) is 0 Å². The molecule has 0 aromatic heterocycles. The third-order valence-corrected chi connectivity index (χ3v) is 5.62. The van der Waals surface area contributed by atoms with Gasteiger partial charge >= 0.3 is 0 Å². The highest BCUT2D eigenvalue weighted by Crippen LogP contribution is 2.15. The third-order valence-electron chi connectivity index (χ3n) is 2.39. The van der Waals surface area contributed by atoms with Crippen LogP contribution in [0.15, 0.2) is 0 Å². The lowest BCUT2D eigenvalue weighted by Crippen LogP contribution is -2.34. The molecule has 0 N–H and O–H groups in total. The predicted octanol–water partition coefficient (Wildman–Crippen LogP) is 0.483. The van der Waals surface area contributed by atoms with Gasteiger partial charge in [0.25, 0.3) is 0 Å². The summed E-state index contributed by atoms with van der Waals surface area (Å²) in [5, 5.41) is 0. The Morgan fingerprint density at radius 3 is 2.06 bits per heavy atom. The Labute approximate surface area is 97.1 Å². The van der Waals surface area contributed by atoms with Crippen molar-refractivity contribution in [3.05, 3.63) is 4.13 Å². The van der Waals surface area contributed by atoms with Gasteiger partial charge in [0, 0.05) is 5.75 Å². The van der Waals surface area contributed by atoms with Crippen LogP contribution < -0.4 is 0 Å². The van der Waals surface area contributed by atoms with Crippen molar-refractivity contribution in [1.82, 2.24) is 4.90 Å². The predicted molar refractivity (Wildman–Crippen MR) is 62.0 cm³/mol. The maximum atomic E-state index is 11.5. The summed E-state index contributed by atoms with van der Waals surface area (Å²) in [6.45, 7) is 2.76. The molecule has 0 spiro atoms. The molecule has 0 amide bonds. The molecule has 0 radical (unpaired) electrons. The van der Waals surface area contributed by atoms with Crippen molar-refractivity contribution < 1.29 is 16.8 Å². The summed E-state index contributed by atoms with van der Waals surface area (Å²) in [6, 6.07) is 0.